The number of aromatic nitrogens is 4. The zero-order valence-corrected chi connectivity index (χ0v) is 28.6. The fraction of sp³-hybridized carbons (Fsp3) is 0. The second kappa shape index (κ2) is 13.8. The Hall–Kier alpha value is -7.43. The average molecular weight is 720 g/mol. The maximum Gasteiger partial charge on any atom is 0.166 e. The molecule has 0 saturated carbocycles. The number of nitrogens with zero attached hydrogens (tertiary/aromatic N) is 4. The summed E-state index contributed by atoms with van der Waals surface area (Å²) in [5, 5.41) is -0.568. The van der Waals surface area contributed by atoms with Crippen molar-refractivity contribution in [2.24, 2.45) is 0 Å². The molecule has 55 heavy (non-hydrogen) atoms. The molecular weight excluding hydrogens is 669 g/mol. The fourth-order valence-corrected chi connectivity index (χ4v) is 6.62. The van der Waals surface area contributed by atoms with Gasteiger partial charge in [-0.05, 0) is 58.1 Å². The number of fused-ring (bicyclic) bond motifs is 3. The van der Waals surface area contributed by atoms with E-state index in [-0.39, 0.29) is 56.1 Å². The van der Waals surface area contributed by atoms with Crippen LogP contribution in [0.3, 0.4) is 0 Å². The Labute approximate surface area is 343 Å². The lowest BCUT2D eigenvalue weighted by molar-refractivity contribution is 1.06. The Morgan fingerprint density at radius 2 is 0.927 bits per heavy atom. The topological polar surface area (TPSA) is 43.6 Å². The number of hydrogen-bond donors (Lipinski definition) is 0. The normalized spacial score (nSPS) is 15.6. The molecule has 0 bridgehead atoms. The van der Waals surface area contributed by atoms with Crippen LogP contribution in [-0.2, 0) is 0 Å². The van der Waals surface area contributed by atoms with Crippen LogP contribution < -0.4 is 0 Å². The lowest BCUT2D eigenvalue weighted by Gasteiger charge is -2.19. The van der Waals surface area contributed by atoms with Crippen molar-refractivity contribution in [3.05, 3.63) is 206 Å². The molecule has 0 aliphatic carbocycles. The van der Waals surface area contributed by atoms with E-state index in [0.717, 1.165) is 11.1 Å². The molecule has 0 aliphatic rings. The second-order valence-corrected chi connectivity index (χ2v) is 12.4. The van der Waals surface area contributed by atoms with Crippen LogP contribution in [0.4, 0.5) is 0 Å². The average Bonchev–Trinajstić information content (AvgIpc) is 3.76. The molecule has 0 saturated heterocycles. The molecule has 0 atom stereocenters. The van der Waals surface area contributed by atoms with Crippen LogP contribution in [-0.4, -0.2) is 19.5 Å². The van der Waals surface area contributed by atoms with Crippen molar-refractivity contribution in [2.75, 3.05) is 0 Å². The van der Waals surface area contributed by atoms with Gasteiger partial charge in [0.15, 0.2) is 17.5 Å². The summed E-state index contributed by atoms with van der Waals surface area (Å²) in [7, 11) is 0. The third-order valence-electron chi connectivity index (χ3n) is 9.08. The fourth-order valence-electron chi connectivity index (χ4n) is 6.62. The van der Waals surface area contributed by atoms with Crippen LogP contribution in [0.5, 0.6) is 0 Å². The van der Waals surface area contributed by atoms with Gasteiger partial charge in [-0.15, -0.1) is 0 Å². The van der Waals surface area contributed by atoms with Crippen LogP contribution in [0, 0.1) is 0 Å². The molecule has 2 aromatic heterocycles. The Morgan fingerprint density at radius 3 is 1.69 bits per heavy atom. The first-order valence-electron chi connectivity index (χ1n) is 25.6. The molecule has 0 aliphatic heterocycles. The van der Waals surface area contributed by atoms with Crippen molar-refractivity contribution in [1.29, 1.82) is 0 Å². The molecule has 0 radical (unpaired) electrons. The highest BCUT2D eigenvalue weighted by atomic mass is 15.1. The molecular formula is C51H34N4. The number of hydrogen-bond acceptors (Lipinski definition) is 3. The maximum absolute atomic E-state index is 9.84. The molecule has 8 aromatic carbocycles. The van der Waals surface area contributed by atoms with E-state index in [2.05, 4.69) is 4.98 Å². The highest BCUT2D eigenvalue weighted by Gasteiger charge is 2.23. The third-order valence-corrected chi connectivity index (χ3v) is 9.08. The molecule has 4 heteroatoms. The van der Waals surface area contributed by atoms with Crippen LogP contribution in [0.15, 0.2) is 206 Å². The van der Waals surface area contributed by atoms with Crippen LogP contribution in [0.2, 0.25) is 0 Å². The second-order valence-electron chi connectivity index (χ2n) is 12.4. The molecule has 4 nitrogen and oxygen atoms in total. The van der Waals surface area contributed by atoms with E-state index in [1.54, 1.807) is 54.6 Å². The molecule has 0 fully saturated rings. The van der Waals surface area contributed by atoms with Gasteiger partial charge >= 0.3 is 0 Å². The van der Waals surface area contributed by atoms with Crippen LogP contribution in [0.25, 0.3) is 95.0 Å². The molecule has 0 amide bonds. The van der Waals surface area contributed by atoms with Gasteiger partial charge in [-0.2, -0.15) is 0 Å². The molecule has 10 rings (SSSR count). The summed E-state index contributed by atoms with van der Waals surface area (Å²) in [4.78, 5) is 14.4. The Bertz CT molecular complexity index is 3900. The summed E-state index contributed by atoms with van der Waals surface area (Å²) in [6.45, 7) is 0. The first kappa shape index (κ1) is 19.1. The summed E-state index contributed by atoms with van der Waals surface area (Å²) < 4.78 is 153. The van der Waals surface area contributed by atoms with Crippen molar-refractivity contribution in [3.8, 4) is 73.2 Å². The largest absolute Gasteiger partial charge is 0.308 e. The van der Waals surface area contributed by atoms with E-state index in [1.165, 1.54) is 4.57 Å². The minimum atomic E-state index is -0.757. The van der Waals surface area contributed by atoms with Crippen molar-refractivity contribution >= 4 is 21.8 Å². The highest BCUT2D eigenvalue weighted by Crippen LogP contribution is 2.42. The zero-order chi connectivity index (χ0) is 51.3. The minimum absolute atomic E-state index is 0.0142. The molecule has 0 spiro atoms. The predicted octanol–water partition coefficient (Wildman–Crippen LogP) is 13.0. The van der Waals surface area contributed by atoms with Gasteiger partial charge in [-0.3, -0.25) is 0 Å². The summed E-state index contributed by atoms with van der Waals surface area (Å²) in [5.74, 6) is -0.453. The number of benzene rings is 8. The van der Waals surface area contributed by atoms with Gasteiger partial charge in [-0.25, -0.2) is 15.0 Å². The van der Waals surface area contributed by atoms with Gasteiger partial charge in [0, 0.05) is 33.0 Å². The van der Waals surface area contributed by atoms with E-state index in [4.69, 9.17) is 26.4 Å². The molecule has 2 heterocycles. The molecule has 10 aromatic rings. The lowest BCUT2D eigenvalue weighted by atomic mass is 9.95. The van der Waals surface area contributed by atoms with Crippen molar-refractivity contribution < 1.29 is 23.3 Å². The van der Waals surface area contributed by atoms with Gasteiger partial charge in [0.2, 0.25) is 0 Å². The van der Waals surface area contributed by atoms with Crippen LogP contribution >= 0.6 is 0 Å². The van der Waals surface area contributed by atoms with E-state index in [0.29, 0.717) is 16.7 Å². The van der Waals surface area contributed by atoms with Gasteiger partial charge in [-0.1, -0.05) is 176 Å². The van der Waals surface area contributed by atoms with Crippen LogP contribution in [0.1, 0.15) is 23.3 Å². The van der Waals surface area contributed by atoms with Gasteiger partial charge < -0.3 is 4.57 Å². The molecule has 258 valence electrons. The van der Waals surface area contributed by atoms with Gasteiger partial charge in [0.25, 0.3) is 0 Å². The monoisotopic (exact) mass is 719 g/mol. The van der Waals surface area contributed by atoms with E-state index in [1.807, 2.05) is 48.5 Å². The number of rotatable bonds is 7. The summed E-state index contributed by atoms with van der Waals surface area (Å²) in [6, 6.07) is 18.9. The first-order valence-corrected chi connectivity index (χ1v) is 17.1. The predicted molar refractivity (Wildman–Crippen MR) is 227 cm³/mol. The summed E-state index contributed by atoms with van der Waals surface area (Å²) in [5.41, 5.74) is 1.16. The molecule has 0 unspecified atom stereocenters. The van der Waals surface area contributed by atoms with Crippen molar-refractivity contribution in [1.82, 2.24) is 19.5 Å². The van der Waals surface area contributed by atoms with E-state index in [9.17, 15) is 6.85 Å². The minimum Gasteiger partial charge on any atom is -0.308 e. The quantitative estimate of drug-likeness (QED) is 0.165. The number of para-hydroxylation sites is 2. The Balaban J connectivity index is 1.43. The zero-order valence-electron chi connectivity index (χ0n) is 45.6. The maximum atomic E-state index is 9.84. The van der Waals surface area contributed by atoms with Crippen molar-refractivity contribution in [2.45, 2.75) is 0 Å². The Kier molecular flexibility index (Phi) is 4.80. The first-order chi connectivity index (χ1) is 34.3. The molecule has 0 N–H and O–H groups in total. The van der Waals surface area contributed by atoms with Crippen molar-refractivity contribution in [3.63, 3.8) is 0 Å². The van der Waals surface area contributed by atoms with E-state index < -0.39 is 114 Å². The summed E-state index contributed by atoms with van der Waals surface area (Å²) in [6.07, 6.45) is 0. The smallest absolute Gasteiger partial charge is 0.166 e. The lowest BCUT2D eigenvalue weighted by Crippen LogP contribution is -2.05. The van der Waals surface area contributed by atoms with E-state index >= 15 is 0 Å². The SMILES string of the molecule is [2H]c1c([2H])c([2H])c(-c2nc(-c3ccccc3)nc(-c3cccc(-c4cccc(-c5ccccc5)c4)c3-n3c4c([2H])c([2H])c([2H])c([2H])c4c4c([2H])c(-c5c([2H])c([2H])c([2H])c([2H])c5[2H])c([2H])c([2H])c43)n2)c([2H])c1[2H]. The van der Waals surface area contributed by atoms with Gasteiger partial charge in [0.1, 0.15) is 0 Å². The highest BCUT2D eigenvalue weighted by molar-refractivity contribution is 6.11. The standard InChI is InChI=1S/C51H34N4/c1-5-17-35(18-6-1)39-25-15-26-41(33-39)42-28-16-29-44(51-53-49(37-21-9-3-10-22-37)52-50(54-51)38-23-11-4-12-24-38)48(42)55-46-30-14-13-27-43(46)45-34-40(31-32-47(45)55)36-19-7-2-8-20-36/h1-34H/i2D,3D,7D,8D,9D,10D,13D,14D,19D,20D,21D,22D,27D,30D,31D,32D,34D. The third kappa shape index (κ3) is 5.96. The summed E-state index contributed by atoms with van der Waals surface area (Å²) >= 11 is 0. The van der Waals surface area contributed by atoms with Gasteiger partial charge in [0.05, 0.1) is 40.0 Å². The Morgan fingerprint density at radius 1 is 0.364 bits per heavy atom.